The summed E-state index contributed by atoms with van der Waals surface area (Å²) in [6.07, 6.45) is -8.17. The number of hydrogen-bond acceptors (Lipinski definition) is 19. The lowest BCUT2D eigenvalue weighted by Gasteiger charge is -2.33. The predicted molar refractivity (Wildman–Crippen MR) is 372 cm³/mol. The predicted octanol–water partition coefficient (Wildman–Crippen LogP) is 12.9. The van der Waals surface area contributed by atoms with Gasteiger partial charge in [-0.3, -0.25) is 47.0 Å². The van der Waals surface area contributed by atoms with Gasteiger partial charge in [0.25, 0.3) is 17.9 Å². The molecule has 106 heavy (non-hydrogen) atoms. The summed E-state index contributed by atoms with van der Waals surface area (Å²) in [5.74, 6) is -18.7. The van der Waals surface area contributed by atoms with Crippen molar-refractivity contribution in [2.24, 2.45) is 13.0 Å². The Kier molecular flexibility index (Phi) is 23.2. The van der Waals surface area contributed by atoms with Crippen LogP contribution in [0.2, 0.25) is 5.02 Å². The number of hydrogen-bond donors (Lipinski definition) is 2. The molecule has 2 aliphatic carbocycles. The topological polar surface area (TPSA) is 303 Å². The van der Waals surface area contributed by atoms with E-state index in [1.807, 2.05) is 0 Å². The number of anilines is 1. The van der Waals surface area contributed by atoms with E-state index in [0.29, 0.717) is 33.8 Å². The van der Waals surface area contributed by atoms with Crippen molar-refractivity contribution in [2.75, 3.05) is 17.2 Å². The van der Waals surface area contributed by atoms with Crippen LogP contribution < -0.4 is 29.8 Å². The third kappa shape index (κ3) is 18.8. The maximum atomic E-state index is 15.9. The molecule has 576 valence electrons. The van der Waals surface area contributed by atoms with Crippen LogP contribution in [0, 0.1) is 24.5 Å². The van der Waals surface area contributed by atoms with E-state index in [-0.39, 0.29) is 61.7 Å². The normalized spacial score (nSPS) is 15.9. The van der Waals surface area contributed by atoms with Crippen LogP contribution in [0.25, 0.3) is 27.6 Å². The monoisotopic (exact) mass is 1550 g/mol. The van der Waals surface area contributed by atoms with E-state index >= 15 is 27.2 Å². The molecule has 0 bridgehead atoms. The van der Waals surface area contributed by atoms with E-state index < -0.39 is 215 Å². The summed E-state index contributed by atoms with van der Waals surface area (Å²) in [5.41, 5.74) is -8.29. The van der Waals surface area contributed by atoms with Crippen LogP contribution in [0.15, 0.2) is 59.4 Å². The van der Waals surface area contributed by atoms with Crippen molar-refractivity contribution in [3.63, 3.8) is 0 Å². The molecule has 3 aromatic carbocycles. The van der Waals surface area contributed by atoms with E-state index in [1.54, 1.807) is 76.2 Å². The number of ether oxygens (including phenoxy) is 3. The lowest BCUT2D eigenvalue weighted by molar-refractivity contribution is -0.165. The average Bonchev–Trinajstić information content (AvgIpc) is 1.50. The standard InChI is InChI=1S/C70H82ClF8N10O15PS/c1-34(2)102-105(96,103-35(3)4)104-48-24-36(5)23-38(28-49(90)81-46(65(95)101-67(9,10)11)31-53(93)100-66(6,7)8)56(48)68(12,13)32-52(92)89(106(16,97)98)63-55-44(71)18-19-47(58(55)86(15)85-63)88-62(83-61-41(64(88)94)17-20-51(82-61)99-22-21-69(14,76)77)45(27-37-25-39(72)29-40(73)26-37)80-50(91)33-87-59-54(57(84-87)60(74)75)42-30-43(42)70(59,78)79/h17-20,23-26,29,34-35,42-43,45-46,60H,21-22,27-28,30-33H2,1-16H3,(H,80,91)(H,81,90)/t42-,43+,45-,46-/m0/s1. The maximum absolute atomic E-state index is 15.9. The smallest absolute Gasteiger partial charge is 0.477 e. The highest BCUT2D eigenvalue weighted by atomic mass is 35.5. The summed E-state index contributed by atoms with van der Waals surface area (Å²) >= 11 is 7.09. The molecule has 36 heteroatoms. The Labute approximate surface area is 610 Å². The second kappa shape index (κ2) is 30.2. The van der Waals surface area contributed by atoms with E-state index in [4.69, 9.17) is 39.4 Å². The number of carbonyl (C=O) groups is 5. The van der Waals surface area contributed by atoms with Crippen molar-refractivity contribution >= 4 is 86.9 Å². The van der Waals surface area contributed by atoms with Gasteiger partial charge in [-0.2, -0.15) is 28.3 Å². The summed E-state index contributed by atoms with van der Waals surface area (Å²) < 4.78 is 200. The van der Waals surface area contributed by atoms with Crippen LogP contribution in [0.4, 0.5) is 40.9 Å². The number of amides is 3. The fourth-order valence-electron chi connectivity index (χ4n) is 12.8. The van der Waals surface area contributed by atoms with Crippen LogP contribution in [0.5, 0.6) is 11.6 Å². The number of phosphoric acid groups is 1. The second-order valence-corrected chi connectivity index (χ2v) is 33.3. The molecule has 25 nitrogen and oxygen atoms in total. The number of aryl methyl sites for hydroxylation is 2. The third-order valence-corrected chi connectivity index (χ3v) is 19.7. The highest BCUT2D eigenvalue weighted by Gasteiger charge is 2.67. The number of fused-ring (bicyclic) bond motifs is 5. The molecule has 2 aliphatic rings. The first kappa shape index (κ1) is 81.5. The molecule has 0 saturated heterocycles. The van der Waals surface area contributed by atoms with Gasteiger partial charge in [0, 0.05) is 60.9 Å². The van der Waals surface area contributed by atoms with E-state index in [1.165, 1.54) is 39.1 Å². The minimum Gasteiger partial charge on any atom is -0.477 e. The zero-order chi connectivity index (χ0) is 78.8. The van der Waals surface area contributed by atoms with Crippen molar-refractivity contribution in [1.82, 2.24) is 44.7 Å². The number of benzene rings is 3. The Balaban J connectivity index is 1.20. The van der Waals surface area contributed by atoms with Crippen LogP contribution in [-0.4, -0.2) is 120 Å². The van der Waals surface area contributed by atoms with E-state index in [2.05, 4.69) is 30.8 Å². The van der Waals surface area contributed by atoms with Gasteiger partial charge in [0.2, 0.25) is 39.5 Å². The summed E-state index contributed by atoms with van der Waals surface area (Å²) in [6.45, 7) is 19.0. The molecule has 4 aromatic heterocycles. The molecular formula is C70H82ClF8N10O15PS. The molecule has 0 unspecified atom stereocenters. The molecule has 0 spiro atoms. The number of nitrogens with zero attached hydrogens (tertiary/aromatic N) is 8. The van der Waals surface area contributed by atoms with Crippen LogP contribution >= 0.6 is 19.4 Å². The molecule has 1 saturated carbocycles. The van der Waals surface area contributed by atoms with Crippen molar-refractivity contribution in [1.29, 1.82) is 0 Å². The van der Waals surface area contributed by atoms with Gasteiger partial charge in [0.15, 0.2) is 11.5 Å². The lowest BCUT2D eigenvalue weighted by Crippen LogP contribution is -2.46. The van der Waals surface area contributed by atoms with Gasteiger partial charge in [-0.1, -0.05) is 31.5 Å². The minimum atomic E-state index is -4.94. The average molecular weight is 1550 g/mol. The molecule has 7 aromatic rings. The molecule has 0 radical (unpaired) electrons. The number of pyridine rings is 1. The number of alkyl halides is 6. The molecule has 4 atom stereocenters. The molecule has 2 N–H and O–H groups in total. The van der Waals surface area contributed by atoms with Gasteiger partial charge in [-0.15, -0.1) is 0 Å². The number of esters is 2. The first-order chi connectivity index (χ1) is 48.8. The Morgan fingerprint density at radius 3 is 2.07 bits per heavy atom. The number of sulfonamides is 1. The zero-order valence-corrected chi connectivity index (χ0v) is 63.3. The molecule has 3 amide bonds. The van der Waals surface area contributed by atoms with E-state index in [0.717, 1.165) is 39.6 Å². The SMILES string of the molecule is Cc1cc(CC(=O)N[C@@H](CC(=O)OC(C)(C)C)C(=O)OC(C)(C)C)c(C(C)(C)CC(=O)N(c2nn(C)c3c(-n4c([C@H](Cc5cc(F)cc(F)c5)NC(=O)Cn5nc(C(F)F)c6c5C(F)(F)[C@@H]5C[C@H]65)nc5nc(OCCC(C)(F)F)ccc5c4=O)ccc(Cl)c23)S(C)(=O)=O)c(OP(=O)(OC(C)C)OC(C)C)c1. The molecule has 9 rings (SSSR count). The number of phosphoric ester groups is 1. The largest absolute Gasteiger partial charge is 0.530 e. The van der Waals surface area contributed by atoms with Gasteiger partial charge >= 0.3 is 19.8 Å². The van der Waals surface area contributed by atoms with Crippen LogP contribution in [-0.2, 0) is 94.9 Å². The summed E-state index contributed by atoms with van der Waals surface area (Å²) in [5, 5.41) is 12.3. The second-order valence-electron chi connectivity index (χ2n) is 29.6. The molecule has 0 aliphatic heterocycles. The number of nitrogens with one attached hydrogen (secondary N) is 2. The van der Waals surface area contributed by atoms with Gasteiger partial charge < -0.3 is 29.4 Å². The molecular weight excluding hydrogens is 1470 g/mol. The highest BCUT2D eigenvalue weighted by molar-refractivity contribution is 7.92. The van der Waals surface area contributed by atoms with Gasteiger partial charge in [0.1, 0.15) is 58.4 Å². The van der Waals surface area contributed by atoms with Crippen molar-refractivity contribution in [3.05, 3.63) is 127 Å². The molecule has 1 fully saturated rings. The van der Waals surface area contributed by atoms with Gasteiger partial charge in [-0.05, 0) is 149 Å². The maximum Gasteiger partial charge on any atom is 0.530 e. The minimum absolute atomic E-state index is 0.0408. The fourth-order valence-corrected chi connectivity index (χ4v) is 15.4. The summed E-state index contributed by atoms with van der Waals surface area (Å²) in [6, 6.07) is 6.28. The zero-order valence-electron chi connectivity index (χ0n) is 60.9. The quantitative estimate of drug-likeness (QED) is 0.0250. The Morgan fingerprint density at radius 1 is 0.849 bits per heavy atom. The Hall–Kier alpha value is -8.59. The van der Waals surface area contributed by atoms with E-state index in [9.17, 15) is 49.7 Å². The van der Waals surface area contributed by atoms with Gasteiger partial charge in [-0.25, -0.2) is 49.1 Å². The number of carbonyl (C=O) groups excluding carboxylic acids is 5. The first-order valence-corrected chi connectivity index (χ1v) is 37.2. The Bertz CT molecular complexity index is 4830. The third-order valence-electron chi connectivity index (χ3n) is 16.5. The van der Waals surface area contributed by atoms with Crippen LogP contribution in [0.3, 0.4) is 0 Å². The van der Waals surface area contributed by atoms with Crippen molar-refractivity contribution in [3.8, 4) is 17.3 Å². The Morgan fingerprint density at radius 2 is 1.48 bits per heavy atom. The molecule has 4 heterocycles. The summed E-state index contributed by atoms with van der Waals surface area (Å²) in [4.78, 5) is 96.5. The highest BCUT2D eigenvalue weighted by Crippen LogP contribution is 2.68. The number of rotatable bonds is 29. The fraction of sp³-hybridized carbons (Fsp3) is 0.514. The first-order valence-electron chi connectivity index (χ1n) is 33.5. The lowest BCUT2D eigenvalue weighted by atomic mass is 9.77. The number of aromatic nitrogens is 7. The van der Waals surface area contributed by atoms with Crippen LogP contribution in [0.1, 0.15) is 179 Å². The number of halogens is 9. The van der Waals surface area contributed by atoms with Crippen molar-refractivity contribution < 1.29 is 99.9 Å². The van der Waals surface area contributed by atoms with Crippen molar-refractivity contribution in [2.45, 2.75) is 207 Å². The van der Waals surface area contributed by atoms with Gasteiger partial charge in [0.05, 0.1) is 71.0 Å². The summed E-state index contributed by atoms with van der Waals surface area (Å²) in [7, 11) is -8.37.